The van der Waals surface area contributed by atoms with Crippen LogP contribution in [0.2, 0.25) is 0 Å². The Morgan fingerprint density at radius 2 is 2.08 bits per heavy atom. The Balaban J connectivity index is 1.63. The van der Waals surface area contributed by atoms with E-state index in [2.05, 4.69) is 5.32 Å². The lowest BCUT2D eigenvalue weighted by Crippen LogP contribution is -2.48. The van der Waals surface area contributed by atoms with Gasteiger partial charge in [-0.05, 0) is 37.5 Å². The number of carbonyl (C=O) groups is 3. The number of carboxylic acids is 1. The first kappa shape index (κ1) is 16.8. The fourth-order valence-electron chi connectivity index (χ4n) is 3.25. The van der Waals surface area contributed by atoms with Crippen LogP contribution in [0.3, 0.4) is 0 Å². The van der Waals surface area contributed by atoms with E-state index in [1.54, 1.807) is 28.8 Å². The first-order chi connectivity index (χ1) is 11.4. The lowest BCUT2D eigenvalue weighted by Gasteiger charge is -2.29. The summed E-state index contributed by atoms with van der Waals surface area (Å²) in [5.74, 6) is -0.332. The molecule has 0 bridgehead atoms. The second-order valence-corrected chi connectivity index (χ2v) is 7.85. The highest BCUT2D eigenvalue weighted by Crippen LogP contribution is 2.47. The number of nitrogens with zero attached hydrogens (tertiary/aromatic N) is 1. The van der Waals surface area contributed by atoms with E-state index in [0.717, 1.165) is 12.0 Å². The molecule has 0 radical (unpaired) electrons. The van der Waals surface area contributed by atoms with Crippen molar-refractivity contribution < 1.29 is 19.5 Å². The molecule has 1 aromatic rings. The average Bonchev–Trinajstić information content (AvgIpc) is 3.03. The Labute approximate surface area is 144 Å². The summed E-state index contributed by atoms with van der Waals surface area (Å²) in [4.78, 5) is 36.7. The van der Waals surface area contributed by atoms with Crippen molar-refractivity contribution in [1.82, 2.24) is 4.90 Å². The third kappa shape index (κ3) is 3.26. The number of hydrogen-bond donors (Lipinski definition) is 2. The summed E-state index contributed by atoms with van der Waals surface area (Å²) in [7, 11) is 0. The van der Waals surface area contributed by atoms with Crippen LogP contribution in [-0.4, -0.2) is 44.5 Å². The minimum Gasteiger partial charge on any atom is -0.481 e. The average molecular weight is 348 g/mol. The van der Waals surface area contributed by atoms with Crippen molar-refractivity contribution in [3.05, 3.63) is 29.8 Å². The van der Waals surface area contributed by atoms with Crippen molar-refractivity contribution in [2.45, 2.75) is 43.5 Å². The highest BCUT2D eigenvalue weighted by atomic mass is 32.2. The molecule has 128 valence electrons. The zero-order valence-corrected chi connectivity index (χ0v) is 14.3. The van der Waals surface area contributed by atoms with Crippen molar-refractivity contribution in [2.75, 3.05) is 11.1 Å². The Bertz CT molecular complexity index is 676. The lowest BCUT2D eigenvalue weighted by molar-refractivity contribution is -0.137. The number of benzene rings is 1. The molecule has 2 saturated heterocycles. The second kappa shape index (κ2) is 6.47. The third-order valence-electron chi connectivity index (χ3n) is 4.60. The van der Waals surface area contributed by atoms with Crippen molar-refractivity contribution in [2.24, 2.45) is 0 Å². The fourth-order valence-corrected chi connectivity index (χ4v) is 4.68. The molecule has 2 aliphatic rings. The van der Waals surface area contributed by atoms with Gasteiger partial charge in [-0.2, -0.15) is 0 Å². The quantitative estimate of drug-likeness (QED) is 0.851. The molecule has 0 aliphatic carbocycles. The molecule has 2 N–H and O–H groups in total. The molecule has 24 heavy (non-hydrogen) atoms. The van der Waals surface area contributed by atoms with E-state index in [4.69, 9.17) is 5.11 Å². The van der Waals surface area contributed by atoms with Gasteiger partial charge in [-0.3, -0.25) is 14.4 Å². The van der Waals surface area contributed by atoms with Gasteiger partial charge in [-0.25, -0.2) is 0 Å². The molecule has 2 unspecified atom stereocenters. The summed E-state index contributed by atoms with van der Waals surface area (Å²) in [5.41, 5.74) is 1.57. The van der Waals surface area contributed by atoms with Gasteiger partial charge in [0.1, 0.15) is 6.04 Å². The largest absolute Gasteiger partial charge is 0.481 e. The van der Waals surface area contributed by atoms with Gasteiger partial charge in [0.25, 0.3) is 0 Å². The Hall–Kier alpha value is -2.02. The van der Waals surface area contributed by atoms with Gasteiger partial charge in [0.05, 0.1) is 4.87 Å². The van der Waals surface area contributed by atoms with Crippen molar-refractivity contribution in [3.8, 4) is 0 Å². The monoisotopic (exact) mass is 348 g/mol. The molecule has 2 fully saturated rings. The van der Waals surface area contributed by atoms with Gasteiger partial charge < -0.3 is 15.3 Å². The predicted octanol–water partition coefficient (Wildman–Crippen LogP) is 2.10. The fraction of sp³-hybridized carbons (Fsp3) is 0.471. The smallest absolute Gasteiger partial charge is 0.303 e. The Kier molecular flexibility index (Phi) is 4.54. The van der Waals surface area contributed by atoms with Crippen molar-refractivity contribution in [1.29, 1.82) is 0 Å². The third-order valence-corrected chi connectivity index (χ3v) is 6.10. The van der Waals surface area contributed by atoms with Crippen LogP contribution in [0.4, 0.5) is 5.69 Å². The summed E-state index contributed by atoms with van der Waals surface area (Å²) >= 11 is 1.67. The first-order valence-corrected chi connectivity index (χ1v) is 8.95. The molecule has 2 amide bonds. The van der Waals surface area contributed by atoms with E-state index in [1.807, 2.05) is 19.1 Å². The van der Waals surface area contributed by atoms with Gasteiger partial charge in [-0.1, -0.05) is 12.1 Å². The highest BCUT2D eigenvalue weighted by molar-refractivity contribution is 8.01. The Morgan fingerprint density at radius 3 is 2.75 bits per heavy atom. The number of carbonyl (C=O) groups excluding carboxylic acids is 2. The molecule has 0 saturated carbocycles. The molecule has 1 aromatic carbocycles. The van der Waals surface area contributed by atoms with E-state index in [-0.39, 0.29) is 23.1 Å². The number of fused-ring (bicyclic) bond motifs is 1. The number of aliphatic carboxylic acids is 1. The summed E-state index contributed by atoms with van der Waals surface area (Å²) in [5, 5.41) is 11.6. The number of carboxylic acid groups (broad SMARTS) is 1. The predicted molar refractivity (Wildman–Crippen MR) is 91.8 cm³/mol. The number of amides is 2. The van der Waals surface area contributed by atoms with E-state index in [1.165, 1.54) is 0 Å². The molecule has 7 heteroatoms. The molecule has 0 spiro atoms. The number of nitrogens with one attached hydrogen (secondary N) is 1. The number of anilines is 1. The number of rotatable bonds is 5. The molecule has 2 aliphatic heterocycles. The molecular formula is C17H20N2O4S. The van der Waals surface area contributed by atoms with Crippen LogP contribution in [0.5, 0.6) is 0 Å². The van der Waals surface area contributed by atoms with Gasteiger partial charge >= 0.3 is 5.97 Å². The molecule has 6 nitrogen and oxygen atoms in total. The maximum atomic E-state index is 12.5. The van der Waals surface area contributed by atoms with Gasteiger partial charge in [0.15, 0.2) is 0 Å². The van der Waals surface area contributed by atoms with Crippen LogP contribution in [0.1, 0.15) is 31.7 Å². The van der Waals surface area contributed by atoms with E-state index >= 15 is 0 Å². The number of hydrogen-bond acceptors (Lipinski definition) is 4. The number of thioether (sulfide) groups is 1. The number of aryl methyl sites for hydroxylation is 1. The second-order valence-electron chi connectivity index (χ2n) is 6.35. The standard InChI is InChI=1S/C17H20N2O4S/c1-17-9-8-14(20)19(17)13(10-24-17)16(23)18-12-5-2-11(3-6-12)4-7-15(21)22/h2-3,5-6,13H,4,7-10H2,1H3,(H,18,23)(H,21,22). The topological polar surface area (TPSA) is 86.7 Å². The molecule has 2 atom stereocenters. The Morgan fingerprint density at radius 1 is 1.38 bits per heavy atom. The lowest BCUT2D eigenvalue weighted by atomic mass is 10.1. The van der Waals surface area contributed by atoms with Gasteiger partial charge in [0, 0.05) is 24.3 Å². The molecule has 2 heterocycles. The maximum absolute atomic E-state index is 12.5. The first-order valence-electron chi connectivity index (χ1n) is 7.97. The molecule has 0 aromatic heterocycles. The van der Waals surface area contributed by atoms with Crippen LogP contribution >= 0.6 is 11.8 Å². The highest BCUT2D eigenvalue weighted by Gasteiger charge is 2.52. The van der Waals surface area contributed by atoms with E-state index in [9.17, 15) is 14.4 Å². The zero-order valence-electron chi connectivity index (χ0n) is 13.4. The van der Waals surface area contributed by atoms with E-state index < -0.39 is 12.0 Å². The van der Waals surface area contributed by atoms with Crippen LogP contribution in [-0.2, 0) is 20.8 Å². The van der Waals surface area contributed by atoms with Crippen molar-refractivity contribution >= 4 is 35.2 Å². The summed E-state index contributed by atoms with van der Waals surface area (Å²) in [6, 6.07) is 6.73. The summed E-state index contributed by atoms with van der Waals surface area (Å²) in [6.07, 6.45) is 1.84. The summed E-state index contributed by atoms with van der Waals surface area (Å²) < 4.78 is 0. The minimum absolute atomic E-state index is 0.0478. The maximum Gasteiger partial charge on any atom is 0.303 e. The zero-order chi connectivity index (χ0) is 17.3. The van der Waals surface area contributed by atoms with Gasteiger partial charge in [0.2, 0.25) is 11.8 Å². The van der Waals surface area contributed by atoms with Crippen LogP contribution in [0.15, 0.2) is 24.3 Å². The normalized spacial score (nSPS) is 25.6. The van der Waals surface area contributed by atoms with Crippen LogP contribution in [0.25, 0.3) is 0 Å². The van der Waals surface area contributed by atoms with Crippen LogP contribution in [0, 0.1) is 0 Å². The summed E-state index contributed by atoms with van der Waals surface area (Å²) in [6.45, 7) is 2.02. The van der Waals surface area contributed by atoms with Crippen molar-refractivity contribution in [3.63, 3.8) is 0 Å². The van der Waals surface area contributed by atoms with Crippen LogP contribution < -0.4 is 5.32 Å². The van der Waals surface area contributed by atoms with Gasteiger partial charge in [-0.15, -0.1) is 11.8 Å². The molecular weight excluding hydrogens is 328 g/mol. The van der Waals surface area contributed by atoms with E-state index in [0.29, 0.717) is 24.3 Å². The SMILES string of the molecule is CC12CCC(=O)N1C(C(=O)Nc1ccc(CCC(=O)O)cc1)CS2. The molecule has 3 rings (SSSR count). The minimum atomic E-state index is -0.829.